The van der Waals surface area contributed by atoms with E-state index in [4.69, 9.17) is 5.84 Å². The van der Waals surface area contributed by atoms with E-state index < -0.39 is 22.3 Å². The Morgan fingerprint density at radius 3 is 2.87 bits per heavy atom. The molecule has 0 aliphatic carbocycles. The molecule has 1 aromatic heterocycles. The molecule has 0 bridgehead atoms. The number of rotatable bonds is 6. The number of hydrogen-bond acceptors (Lipinski definition) is 8. The summed E-state index contributed by atoms with van der Waals surface area (Å²) in [5.41, 5.74) is -0.270. The summed E-state index contributed by atoms with van der Waals surface area (Å²) in [6.07, 6.45) is 0.618. The molecule has 2 rings (SSSR count). The monoisotopic (exact) mass is 338 g/mol. The first-order valence-electron chi connectivity index (χ1n) is 6.51. The van der Waals surface area contributed by atoms with Crippen LogP contribution in [0.5, 0.6) is 5.75 Å². The van der Waals surface area contributed by atoms with Crippen LogP contribution in [0.4, 0.5) is 11.4 Å². The molecule has 0 spiro atoms. The zero-order chi connectivity index (χ0) is 17.0. The third-order valence-corrected chi connectivity index (χ3v) is 3.78. The second-order valence-corrected chi connectivity index (χ2v) is 5.36. The first-order valence-corrected chi connectivity index (χ1v) is 7.50. The van der Waals surface area contributed by atoms with E-state index >= 15 is 0 Å². The molecule has 23 heavy (non-hydrogen) atoms. The number of aryl methyl sites for hydroxylation is 1. The third-order valence-electron chi connectivity index (χ3n) is 2.84. The van der Waals surface area contributed by atoms with Crippen LogP contribution >= 0.6 is 11.8 Å². The van der Waals surface area contributed by atoms with Crippen LogP contribution in [0, 0.1) is 10.1 Å². The third kappa shape index (κ3) is 3.88. The predicted octanol–water partition coefficient (Wildman–Crippen LogP) is 0.899. The number of nitro groups is 1. The minimum Gasteiger partial charge on any atom is -0.502 e. The number of hydrogen-bond donors (Lipinski definition) is 3. The number of amides is 1. The maximum Gasteiger partial charge on any atom is 0.312 e. The molecule has 0 aliphatic rings. The van der Waals surface area contributed by atoms with Crippen molar-refractivity contribution in [3.63, 3.8) is 0 Å². The number of anilines is 1. The van der Waals surface area contributed by atoms with Gasteiger partial charge in [-0.05, 0) is 12.1 Å². The van der Waals surface area contributed by atoms with E-state index in [1.54, 1.807) is 0 Å². The molecule has 0 aliphatic heterocycles. The Bertz CT molecular complexity index is 747. The SMILES string of the molecule is CCc1nnc(SCC(=O)Nc2ccc(O)c([N+](=O)[O-])c2)n1N. The largest absolute Gasteiger partial charge is 0.502 e. The molecule has 0 saturated heterocycles. The van der Waals surface area contributed by atoms with Gasteiger partial charge in [0.05, 0.1) is 10.7 Å². The van der Waals surface area contributed by atoms with Crippen molar-refractivity contribution in [3.8, 4) is 5.75 Å². The molecule has 2 aromatic rings. The number of nitrogens with one attached hydrogen (secondary N) is 1. The van der Waals surface area contributed by atoms with Gasteiger partial charge in [-0.25, -0.2) is 4.68 Å². The standard InChI is InChI=1S/C12H14N6O4S/c1-2-10-15-16-12(17(10)13)23-6-11(20)14-7-3-4-9(19)8(5-7)18(21)22/h3-5,19H,2,6,13H2,1H3,(H,14,20). The molecule has 0 fully saturated rings. The molecule has 1 amide bonds. The molecule has 10 nitrogen and oxygen atoms in total. The molecule has 1 heterocycles. The number of nitro benzene ring substituents is 1. The van der Waals surface area contributed by atoms with Crippen LogP contribution < -0.4 is 11.2 Å². The van der Waals surface area contributed by atoms with Gasteiger partial charge in [0.25, 0.3) is 0 Å². The van der Waals surface area contributed by atoms with Gasteiger partial charge in [-0.2, -0.15) is 0 Å². The zero-order valence-electron chi connectivity index (χ0n) is 12.1. The van der Waals surface area contributed by atoms with Gasteiger partial charge in [-0.3, -0.25) is 14.9 Å². The summed E-state index contributed by atoms with van der Waals surface area (Å²) < 4.78 is 1.31. The van der Waals surface area contributed by atoms with Crippen LogP contribution in [0.3, 0.4) is 0 Å². The number of aromatic nitrogens is 3. The van der Waals surface area contributed by atoms with Crippen molar-refractivity contribution in [2.24, 2.45) is 0 Å². The van der Waals surface area contributed by atoms with E-state index in [0.717, 1.165) is 23.9 Å². The van der Waals surface area contributed by atoms with Crippen molar-refractivity contribution in [2.45, 2.75) is 18.5 Å². The molecule has 4 N–H and O–H groups in total. The number of nitrogens with zero attached hydrogens (tertiary/aromatic N) is 4. The summed E-state index contributed by atoms with van der Waals surface area (Å²) in [4.78, 5) is 21.9. The Balaban J connectivity index is 1.98. The molecule has 0 unspecified atom stereocenters. The maximum atomic E-state index is 11.9. The molecule has 0 saturated carbocycles. The number of benzene rings is 1. The molecular weight excluding hydrogens is 324 g/mol. The van der Waals surface area contributed by atoms with Crippen molar-refractivity contribution in [1.82, 2.24) is 14.9 Å². The minimum atomic E-state index is -0.733. The van der Waals surface area contributed by atoms with Crippen molar-refractivity contribution in [1.29, 1.82) is 0 Å². The number of phenolic OH excluding ortho intramolecular Hbond substituents is 1. The van der Waals surface area contributed by atoms with Gasteiger partial charge < -0.3 is 16.3 Å². The molecular formula is C12H14N6O4S. The molecule has 0 radical (unpaired) electrons. The molecule has 0 atom stereocenters. The maximum absolute atomic E-state index is 11.9. The van der Waals surface area contributed by atoms with E-state index in [-0.39, 0.29) is 11.4 Å². The van der Waals surface area contributed by atoms with E-state index in [9.17, 15) is 20.0 Å². The number of thioether (sulfide) groups is 1. The van der Waals surface area contributed by atoms with E-state index in [1.165, 1.54) is 10.7 Å². The Kier molecular flexibility index (Phi) is 5.01. The predicted molar refractivity (Wildman–Crippen MR) is 83.7 cm³/mol. The number of carbonyl (C=O) groups is 1. The molecule has 1 aromatic carbocycles. The molecule has 11 heteroatoms. The van der Waals surface area contributed by atoms with Gasteiger partial charge in [0, 0.05) is 18.2 Å². The number of phenols is 1. The fourth-order valence-electron chi connectivity index (χ4n) is 1.72. The number of carbonyl (C=O) groups excluding carboxylic acids is 1. The number of nitrogen functional groups attached to an aromatic ring is 1. The summed E-state index contributed by atoms with van der Waals surface area (Å²) >= 11 is 1.09. The Morgan fingerprint density at radius 2 is 2.26 bits per heavy atom. The normalized spacial score (nSPS) is 10.5. The lowest BCUT2D eigenvalue weighted by Gasteiger charge is -2.05. The smallest absolute Gasteiger partial charge is 0.312 e. The van der Waals surface area contributed by atoms with Crippen LogP contribution in [0.25, 0.3) is 0 Å². The van der Waals surface area contributed by atoms with Crippen LogP contribution in [0.2, 0.25) is 0 Å². The summed E-state index contributed by atoms with van der Waals surface area (Å²) in [5, 5.41) is 30.7. The summed E-state index contributed by atoms with van der Waals surface area (Å²) in [6.45, 7) is 1.88. The number of aromatic hydroxyl groups is 1. The highest BCUT2D eigenvalue weighted by atomic mass is 32.2. The second-order valence-electron chi connectivity index (χ2n) is 4.42. The summed E-state index contributed by atoms with van der Waals surface area (Å²) in [5.74, 6) is 5.51. The van der Waals surface area contributed by atoms with Crippen LogP contribution in [-0.2, 0) is 11.2 Å². The highest BCUT2D eigenvalue weighted by molar-refractivity contribution is 7.99. The quantitative estimate of drug-likeness (QED) is 0.231. The lowest BCUT2D eigenvalue weighted by molar-refractivity contribution is -0.385. The summed E-state index contributed by atoms with van der Waals surface area (Å²) in [6, 6.07) is 3.59. The van der Waals surface area contributed by atoms with Gasteiger partial charge in [0.15, 0.2) is 11.6 Å². The van der Waals surface area contributed by atoms with Gasteiger partial charge in [-0.1, -0.05) is 18.7 Å². The highest BCUT2D eigenvalue weighted by Crippen LogP contribution is 2.28. The van der Waals surface area contributed by atoms with E-state index in [2.05, 4.69) is 15.5 Å². The van der Waals surface area contributed by atoms with Crippen molar-refractivity contribution in [2.75, 3.05) is 16.9 Å². The van der Waals surface area contributed by atoms with Gasteiger partial charge in [0.1, 0.15) is 0 Å². The van der Waals surface area contributed by atoms with Gasteiger partial charge in [0.2, 0.25) is 11.1 Å². The first-order chi connectivity index (χ1) is 10.9. The zero-order valence-corrected chi connectivity index (χ0v) is 12.9. The lowest BCUT2D eigenvalue weighted by atomic mass is 10.2. The van der Waals surface area contributed by atoms with Crippen molar-refractivity contribution >= 4 is 29.0 Å². The average molecular weight is 338 g/mol. The van der Waals surface area contributed by atoms with Crippen molar-refractivity contribution in [3.05, 3.63) is 34.1 Å². The Labute approximate surface area is 134 Å². The topological polar surface area (TPSA) is 149 Å². The van der Waals surface area contributed by atoms with Crippen LogP contribution in [0.15, 0.2) is 23.4 Å². The Morgan fingerprint density at radius 1 is 1.52 bits per heavy atom. The first kappa shape index (κ1) is 16.5. The fraction of sp³-hybridized carbons (Fsp3) is 0.250. The van der Waals surface area contributed by atoms with Gasteiger partial charge in [-0.15, -0.1) is 10.2 Å². The Hall–Kier alpha value is -2.82. The summed E-state index contributed by atoms with van der Waals surface area (Å²) in [7, 11) is 0. The minimum absolute atomic E-state index is 0.00766. The highest BCUT2D eigenvalue weighted by Gasteiger charge is 2.15. The second kappa shape index (κ2) is 6.96. The van der Waals surface area contributed by atoms with Crippen LogP contribution in [0.1, 0.15) is 12.7 Å². The van der Waals surface area contributed by atoms with Crippen molar-refractivity contribution < 1.29 is 14.8 Å². The van der Waals surface area contributed by atoms with E-state index in [1.807, 2.05) is 6.92 Å². The van der Waals surface area contributed by atoms with Gasteiger partial charge >= 0.3 is 5.69 Å². The lowest BCUT2D eigenvalue weighted by Crippen LogP contribution is -2.17. The fourth-order valence-corrected chi connectivity index (χ4v) is 2.40. The molecule has 122 valence electrons. The number of nitrogens with two attached hydrogens (primary N) is 1. The van der Waals surface area contributed by atoms with E-state index in [0.29, 0.717) is 17.4 Å². The van der Waals surface area contributed by atoms with Crippen LogP contribution in [-0.4, -0.2) is 36.6 Å². The average Bonchev–Trinajstić information content (AvgIpc) is 2.87.